The Morgan fingerprint density at radius 3 is 1.46 bits per heavy atom. The van der Waals surface area contributed by atoms with E-state index in [2.05, 4.69) is 27.7 Å². The number of rotatable bonds is 10. The van der Waals surface area contributed by atoms with Crippen LogP contribution in [0.2, 0.25) is 0 Å². The van der Waals surface area contributed by atoms with Crippen LogP contribution >= 0.6 is 0 Å². The largest absolute Gasteiger partial charge is 0.462 e. The Kier molecular flexibility index (Phi) is 10.2. The van der Waals surface area contributed by atoms with Crippen LogP contribution in [0.3, 0.4) is 0 Å². The zero-order chi connectivity index (χ0) is 34.0. The maximum Gasteiger partial charge on any atom is 0.423 e. The van der Waals surface area contributed by atoms with Crippen LogP contribution in [0.5, 0.6) is 11.5 Å². The molecule has 4 rings (SSSR count). The fourth-order valence-electron chi connectivity index (χ4n) is 5.92. The molecule has 0 heterocycles. The minimum absolute atomic E-state index is 0.0317. The summed E-state index contributed by atoms with van der Waals surface area (Å²) in [6.45, 7) is 10.5. The highest BCUT2D eigenvalue weighted by molar-refractivity contribution is 6.31. The van der Waals surface area contributed by atoms with Gasteiger partial charge in [0, 0.05) is 0 Å². The first-order chi connectivity index (χ1) is 21.6. The van der Waals surface area contributed by atoms with Gasteiger partial charge in [-0.3, -0.25) is 0 Å². The minimum atomic E-state index is -1.59. The molecule has 0 unspecified atom stereocenters. The van der Waals surface area contributed by atoms with Crippen LogP contribution in [0.4, 0.5) is 28.4 Å². The van der Waals surface area contributed by atoms with Gasteiger partial charge in [-0.25, -0.2) is 19.2 Å². The Morgan fingerprint density at radius 2 is 1.04 bits per heavy atom. The summed E-state index contributed by atoms with van der Waals surface area (Å²) in [6, 6.07) is 2.56. The van der Waals surface area contributed by atoms with Crippen molar-refractivity contribution in [3.63, 3.8) is 0 Å². The van der Waals surface area contributed by atoms with E-state index in [1.165, 1.54) is 12.1 Å². The van der Waals surface area contributed by atoms with E-state index >= 15 is 0 Å². The van der Waals surface area contributed by atoms with Crippen molar-refractivity contribution in [2.75, 3.05) is 41.9 Å². The SMILES string of the molecule is Cc1cc(N)c(OC(=O)C(=O)Oc2c(N)cc(N)c(N)c2C(=O)OCC2CC(C(C)C)C2)c(C(=O)OCC2CC(C(C)C)C2)c1N. The molecule has 13 nitrogen and oxygen atoms in total. The van der Waals surface area contributed by atoms with Crippen molar-refractivity contribution in [2.24, 2.45) is 35.5 Å². The third-order valence-corrected chi connectivity index (χ3v) is 9.23. The van der Waals surface area contributed by atoms with E-state index in [1.54, 1.807) is 6.92 Å². The molecule has 2 aliphatic carbocycles. The van der Waals surface area contributed by atoms with Crippen molar-refractivity contribution < 1.29 is 38.1 Å². The lowest BCUT2D eigenvalue weighted by molar-refractivity contribution is -0.156. The molecule has 0 aromatic heterocycles. The number of hydrogen-bond acceptors (Lipinski definition) is 13. The third-order valence-electron chi connectivity index (χ3n) is 9.23. The Hall–Kier alpha value is -4.68. The molecule has 0 saturated heterocycles. The van der Waals surface area contributed by atoms with E-state index in [0.29, 0.717) is 29.2 Å². The summed E-state index contributed by atoms with van der Waals surface area (Å²) in [5, 5.41) is 0. The highest BCUT2D eigenvalue weighted by Gasteiger charge is 2.35. The zero-order valence-corrected chi connectivity index (χ0v) is 27.0. The summed E-state index contributed by atoms with van der Waals surface area (Å²) in [6.07, 6.45) is 3.68. The van der Waals surface area contributed by atoms with Crippen molar-refractivity contribution in [1.29, 1.82) is 0 Å². The smallest absolute Gasteiger partial charge is 0.423 e. The lowest BCUT2D eigenvalue weighted by Gasteiger charge is -2.37. The number of ether oxygens (including phenoxy) is 4. The molecule has 0 aliphatic heterocycles. The van der Waals surface area contributed by atoms with Gasteiger partial charge in [-0.05, 0) is 85.8 Å². The average molecular weight is 640 g/mol. The first-order valence-corrected chi connectivity index (χ1v) is 15.5. The van der Waals surface area contributed by atoms with Crippen LogP contribution < -0.4 is 38.1 Å². The van der Waals surface area contributed by atoms with Gasteiger partial charge in [0.1, 0.15) is 11.1 Å². The first kappa shape index (κ1) is 34.2. The molecule has 2 aromatic carbocycles. The topological polar surface area (TPSA) is 235 Å². The van der Waals surface area contributed by atoms with Gasteiger partial charge in [0.25, 0.3) is 0 Å². The highest BCUT2D eigenvalue weighted by Crippen LogP contribution is 2.42. The highest BCUT2D eigenvalue weighted by atomic mass is 16.6. The van der Waals surface area contributed by atoms with Gasteiger partial charge in [-0.15, -0.1) is 0 Å². The molecule has 0 radical (unpaired) electrons. The number of carbonyl (C=O) groups excluding carboxylic acids is 4. The van der Waals surface area contributed by atoms with Gasteiger partial charge < -0.3 is 47.6 Å². The van der Waals surface area contributed by atoms with Crippen LogP contribution in [0.25, 0.3) is 0 Å². The van der Waals surface area contributed by atoms with Crippen LogP contribution in [0.1, 0.15) is 79.7 Å². The molecule has 0 spiro atoms. The van der Waals surface area contributed by atoms with Gasteiger partial charge in [0.15, 0.2) is 11.5 Å². The Bertz CT molecular complexity index is 1410. The molecular formula is C33H45N5O8. The standard InChI is InChI=1S/C33H45N5O8/c1-14(2)19-7-17(8-19)12-43-30(39)24-26(37)16(5)6-22(35)28(24)45-32(41)33(42)46-29-23(36)11-21(34)27(38)25(29)31(40)44-13-18-9-20(10-18)15(3)4/h6,11,14-15,17-20H,7-10,12-13,34-38H2,1-5H3. The first-order valence-electron chi connectivity index (χ1n) is 15.5. The second kappa shape index (κ2) is 13.8. The Balaban J connectivity index is 1.49. The molecule has 250 valence electrons. The van der Waals surface area contributed by atoms with Gasteiger partial charge in [-0.2, -0.15) is 0 Å². The fourth-order valence-corrected chi connectivity index (χ4v) is 5.92. The number of esters is 4. The number of benzene rings is 2. The number of hydrogen-bond donors (Lipinski definition) is 5. The predicted molar refractivity (Wildman–Crippen MR) is 174 cm³/mol. The van der Waals surface area contributed by atoms with Crippen molar-refractivity contribution >= 4 is 52.3 Å². The van der Waals surface area contributed by atoms with E-state index in [9.17, 15) is 19.2 Å². The second-order valence-corrected chi connectivity index (χ2v) is 13.2. The molecule has 2 aromatic rings. The predicted octanol–water partition coefficient (Wildman–Crippen LogP) is 4.10. The summed E-state index contributed by atoms with van der Waals surface area (Å²) in [5.74, 6) is -3.37. The maximum absolute atomic E-state index is 13.2. The summed E-state index contributed by atoms with van der Waals surface area (Å²) < 4.78 is 21.4. The Labute approximate surface area is 268 Å². The number of nitrogen functional groups attached to an aromatic ring is 5. The second-order valence-electron chi connectivity index (χ2n) is 13.2. The van der Waals surface area contributed by atoms with E-state index in [0.717, 1.165) is 25.7 Å². The molecule has 0 atom stereocenters. The number of anilines is 5. The van der Waals surface area contributed by atoms with Crippen molar-refractivity contribution in [3.05, 3.63) is 28.8 Å². The van der Waals surface area contributed by atoms with E-state index < -0.39 is 40.9 Å². The third kappa shape index (κ3) is 7.24. The number of aryl methyl sites for hydroxylation is 1. The molecule has 2 fully saturated rings. The molecule has 46 heavy (non-hydrogen) atoms. The van der Waals surface area contributed by atoms with E-state index in [4.69, 9.17) is 47.6 Å². The van der Waals surface area contributed by atoms with E-state index in [1.807, 2.05) is 0 Å². The summed E-state index contributed by atoms with van der Waals surface area (Å²) in [4.78, 5) is 52.2. The molecule has 0 bridgehead atoms. The summed E-state index contributed by atoms with van der Waals surface area (Å²) in [7, 11) is 0. The van der Waals surface area contributed by atoms with Crippen LogP contribution in [0.15, 0.2) is 12.1 Å². The van der Waals surface area contributed by atoms with Crippen molar-refractivity contribution in [3.8, 4) is 11.5 Å². The van der Waals surface area contributed by atoms with Gasteiger partial charge in [0.2, 0.25) is 0 Å². The Morgan fingerprint density at radius 1 is 0.652 bits per heavy atom. The molecule has 10 N–H and O–H groups in total. The maximum atomic E-state index is 13.2. The van der Waals surface area contributed by atoms with Crippen molar-refractivity contribution in [1.82, 2.24) is 0 Å². The van der Waals surface area contributed by atoms with Crippen LogP contribution in [0, 0.1) is 42.4 Å². The lowest BCUT2D eigenvalue weighted by atomic mass is 9.70. The zero-order valence-electron chi connectivity index (χ0n) is 27.0. The van der Waals surface area contributed by atoms with Gasteiger partial charge in [0.05, 0.1) is 41.7 Å². The van der Waals surface area contributed by atoms with Crippen LogP contribution in [-0.4, -0.2) is 37.1 Å². The normalized spacial score (nSPS) is 20.4. The van der Waals surface area contributed by atoms with Gasteiger partial charge >= 0.3 is 23.9 Å². The van der Waals surface area contributed by atoms with Crippen molar-refractivity contribution in [2.45, 2.75) is 60.3 Å². The molecule has 2 aliphatic rings. The van der Waals surface area contributed by atoms with Crippen LogP contribution in [-0.2, 0) is 19.1 Å². The average Bonchev–Trinajstić information content (AvgIpc) is 2.92. The molecule has 13 heteroatoms. The summed E-state index contributed by atoms with van der Waals surface area (Å²) >= 11 is 0. The molecule has 0 amide bonds. The molecule has 2 saturated carbocycles. The monoisotopic (exact) mass is 639 g/mol. The van der Waals surface area contributed by atoms with E-state index in [-0.39, 0.29) is 59.0 Å². The molecular weight excluding hydrogens is 594 g/mol. The number of carbonyl (C=O) groups is 4. The lowest BCUT2D eigenvalue weighted by Crippen LogP contribution is -2.32. The fraction of sp³-hybridized carbons (Fsp3) is 0.515. The minimum Gasteiger partial charge on any atom is -0.462 e. The quantitative estimate of drug-likeness (QED) is 0.107. The van der Waals surface area contributed by atoms with Gasteiger partial charge in [-0.1, -0.05) is 27.7 Å². The summed E-state index contributed by atoms with van der Waals surface area (Å²) in [5.41, 5.74) is 29.3. The number of nitrogens with two attached hydrogens (primary N) is 5.